The SMILES string of the molecule is O=C(Nc1nnc(Cc2ccccc2)s1)[C@H]1CCCN(C(=O)c2ccc(Cl)cc2)C1. The van der Waals surface area contributed by atoms with E-state index in [2.05, 4.69) is 15.5 Å². The minimum atomic E-state index is -0.267. The third-order valence-corrected chi connectivity index (χ3v) is 6.16. The molecule has 1 N–H and O–H groups in total. The molecule has 154 valence electrons. The van der Waals surface area contributed by atoms with Gasteiger partial charge in [-0.2, -0.15) is 0 Å². The Hall–Kier alpha value is -2.77. The molecule has 0 spiro atoms. The summed E-state index contributed by atoms with van der Waals surface area (Å²) in [7, 11) is 0. The number of anilines is 1. The van der Waals surface area contributed by atoms with Gasteiger partial charge in [0.2, 0.25) is 11.0 Å². The summed E-state index contributed by atoms with van der Waals surface area (Å²) < 4.78 is 0. The molecule has 2 aromatic carbocycles. The van der Waals surface area contributed by atoms with Gasteiger partial charge in [0.15, 0.2) is 0 Å². The van der Waals surface area contributed by atoms with Gasteiger partial charge in [-0.1, -0.05) is 53.3 Å². The quantitative estimate of drug-likeness (QED) is 0.642. The highest BCUT2D eigenvalue weighted by atomic mass is 35.5. The van der Waals surface area contributed by atoms with Gasteiger partial charge in [0.05, 0.1) is 5.92 Å². The fourth-order valence-electron chi connectivity index (χ4n) is 3.50. The number of hydrogen-bond donors (Lipinski definition) is 1. The number of piperidine rings is 1. The lowest BCUT2D eigenvalue weighted by atomic mass is 9.96. The van der Waals surface area contributed by atoms with E-state index in [-0.39, 0.29) is 17.7 Å². The van der Waals surface area contributed by atoms with Crippen molar-refractivity contribution in [3.63, 3.8) is 0 Å². The predicted octanol–water partition coefficient (Wildman–Crippen LogP) is 4.27. The van der Waals surface area contributed by atoms with Gasteiger partial charge < -0.3 is 10.2 Å². The van der Waals surface area contributed by atoms with Crippen LogP contribution in [0.1, 0.15) is 33.8 Å². The highest BCUT2D eigenvalue weighted by molar-refractivity contribution is 7.15. The number of aromatic nitrogens is 2. The molecule has 1 aliphatic heterocycles. The van der Waals surface area contributed by atoms with Crippen molar-refractivity contribution in [3.8, 4) is 0 Å². The summed E-state index contributed by atoms with van der Waals surface area (Å²) in [5.41, 5.74) is 1.73. The van der Waals surface area contributed by atoms with E-state index in [4.69, 9.17) is 11.6 Å². The number of amides is 2. The molecule has 6 nitrogen and oxygen atoms in total. The first-order chi connectivity index (χ1) is 14.6. The van der Waals surface area contributed by atoms with Crippen molar-refractivity contribution < 1.29 is 9.59 Å². The maximum atomic E-state index is 12.8. The van der Waals surface area contributed by atoms with Crippen LogP contribution >= 0.6 is 22.9 Å². The number of likely N-dealkylation sites (tertiary alicyclic amines) is 1. The Kier molecular flexibility index (Phi) is 6.40. The molecule has 1 aromatic heterocycles. The first kappa shape index (κ1) is 20.5. The van der Waals surface area contributed by atoms with Crippen LogP contribution in [-0.2, 0) is 11.2 Å². The van der Waals surface area contributed by atoms with Crippen LogP contribution in [0.4, 0.5) is 5.13 Å². The molecule has 1 aliphatic rings. The molecule has 0 aliphatic carbocycles. The Balaban J connectivity index is 1.35. The second-order valence-electron chi connectivity index (χ2n) is 7.25. The van der Waals surface area contributed by atoms with Gasteiger partial charge in [-0.25, -0.2) is 0 Å². The van der Waals surface area contributed by atoms with Crippen molar-refractivity contribution in [1.82, 2.24) is 15.1 Å². The van der Waals surface area contributed by atoms with Crippen LogP contribution < -0.4 is 5.32 Å². The molecule has 1 fully saturated rings. The number of benzene rings is 2. The monoisotopic (exact) mass is 440 g/mol. The van der Waals surface area contributed by atoms with E-state index < -0.39 is 0 Å². The van der Waals surface area contributed by atoms with Gasteiger partial charge in [0, 0.05) is 30.1 Å². The molecule has 3 aromatic rings. The first-order valence-corrected chi connectivity index (χ1v) is 11.0. The molecule has 0 unspecified atom stereocenters. The molecule has 30 heavy (non-hydrogen) atoms. The number of nitrogens with zero attached hydrogens (tertiary/aromatic N) is 3. The van der Waals surface area contributed by atoms with Crippen molar-refractivity contribution in [2.75, 3.05) is 18.4 Å². The molecule has 4 rings (SSSR count). The number of carbonyl (C=O) groups is 2. The average molecular weight is 441 g/mol. The molecule has 8 heteroatoms. The first-order valence-electron chi connectivity index (χ1n) is 9.80. The van der Waals surface area contributed by atoms with Gasteiger partial charge >= 0.3 is 0 Å². The van der Waals surface area contributed by atoms with E-state index in [9.17, 15) is 9.59 Å². The van der Waals surface area contributed by atoms with E-state index in [1.165, 1.54) is 11.3 Å². The Morgan fingerprint density at radius 3 is 2.63 bits per heavy atom. The van der Waals surface area contributed by atoms with Crippen LogP contribution in [0.2, 0.25) is 5.02 Å². The highest BCUT2D eigenvalue weighted by Gasteiger charge is 2.29. The standard InChI is InChI=1S/C22H21ClN4O2S/c23-18-10-8-16(9-11-18)21(29)27-12-4-7-17(14-27)20(28)24-22-26-25-19(30-22)13-15-5-2-1-3-6-15/h1-3,5-6,8-11,17H,4,7,12-14H2,(H,24,26,28)/t17-/m0/s1. The molecule has 2 heterocycles. The zero-order valence-corrected chi connectivity index (χ0v) is 17.8. The van der Waals surface area contributed by atoms with Gasteiger partial charge in [0.25, 0.3) is 5.91 Å². The normalized spacial score (nSPS) is 16.3. The summed E-state index contributed by atoms with van der Waals surface area (Å²) in [5.74, 6) is -0.465. The lowest BCUT2D eigenvalue weighted by Gasteiger charge is -2.32. The zero-order valence-electron chi connectivity index (χ0n) is 16.3. The number of rotatable bonds is 5. The molecule has 1 atom stereocenters. The second-order valence-corrected chi connectivity index (χ2v) is 8.75. The van der Waals surface area contributed by atoms with Crippen molar-refractivity contribution >= 4 is 39.9 Å². The van der Waals surface area contributed by atoms with Crippen LogP contribution in [0, 0.1) is 5.92 Å². The maximum absolute atomic E-state index is 12.8. The van der Waals surface area contributed by atoms with E-state index in [1.807, 2.05) is 30.3 Å². The molecule has 0 radical (unpaired) electrons. The Bertz CT molecular complexity index is 1020. The second kappa shape index (κ2) is 9.36. The Labute approximate surface area is 183 Å². The third-order valence-electron chi connectivity index (χ3n) is 5.07. The summed E-state index contributed by atoms with van der Waals surface area (Å²) in [5, 5.41) is 13.1. The third kappa shape index (κ3) is 5.04. The largest absolute Gasteiger partial charge is 0.338 e. The lowest BCUT2D eigenvalue weighted by Crippen LogP contribution is -2.43. The van der Waals surface area contributed by atoms with Crippen molar-refractivity contribution in [1.29, 1.82) is 0 Å². The minimum Gasteiger partial charge on any atom is -0.338 e. The van der Waals surface area contributed by atoms with Crippen molar-refractivity contribution in [3.05, 3.63) is 75.8 Å². The fourth-order valence-corrected chi connectivity index (χ4v) is 4.41. The van der Waals surface area contributed by atoms with Gasteiger partial charge in [-0.3, -0.25) is 9.59 Å². The number of nitrogens with one attached hydrogen (secondary N) is 1. The number of hydrogen-bond acceptors (Lipinski definition) is 5. The maximum Gasteiger partial charge on any atom is 0.253 e. The van der Waals surface area contributed by atoms with E-state index in [0.29, 0.717) is 35.2 Å². The highest BCUT2D eigenvalue weighted by Crippen LogP contribution is 2.23. The fraction of sp³-hybridized carbons (Fsp3) is 0.273. The predicted molar refractivity (Wildman–Crippen MR) is 118 cm³/mol. The van der Waals surface area contributed by atoms with Crippen LogP contribution in [0.15, 0.2) is 54.6 Å². The Morgan fingerprint density at radius 1 is 1.10 bits per heavy atom. The molecule has 1 saturated heterocycles. The molecule has 0 bridgehead atoms. The van der Waals surface area contributed by atoms with Gasteiger partial charge in [-0.15, -0.1) is 10.2 Å². The van der Waals surface area contributed by atoms with Gasteiger partial charge in [0.1, 0.15) is 5.01 Å². The van der Waals surface area contributed by atoms with E-state index in [0.717, 1.165) is 23.4 Å². The van der Waals surface area contributed by atoms with Crippen LogP contribution in [0.3, 0.4) is 0 Å². The van der Waals surface area contributed by atoms with E-state index in [1.54, 1.807) is 29.2 Å². The van der Waals surface area contributed by atoms with E-state index >= 15 is 0 Å². The van der Waals surface area contributed by atoms with Crippen LogP contribution in [0.25, 0.3) is 0 Å². The lowest BCUT2D eigenvalue weighted by molar-refractivity contribution is -0.121. The summed E-state index contributed by atoms with van der Waals surface area (Å²) >= 11 is 7.28. The van der Waals surface area contributed by atoms with Crippen LogP contribution in [0.5, 0.6) is 0 Å². The summed E-state index contributed by atoms with van der Waals surface area (Å²) in [6, 6.07) is 16.8. The summed E-state index contributed by atoms with van der Waals surface area (Å²) in [6.07, 6.45) is 2.21. The topological polar surface area (TPSA) is 75.2 Å². The molecular formula is C22H21ClN4O2S. The molecular weight excluding hydrogens is 420 g/mol. The average Bonchev–Trinajstić information content (AvgIpc) is 3.21. The molecule has 0 saturated carbocycles. The summed E-state index contributed by atoms with van der Waals surface area (Å²) in [6.45, 7) is 1.04. The minimum absolute atomic E-state index is 0.0785. The Morgan fingerprint density at radius 2 is 1.87 bits per heavy atom. The van der Waals surface area contributed by atoms with Gasteiger partial charge in [-0.05, 0) is 42.7 Å². The smallest absolute Gasteiger partial charge is 0.253 e. The van der Waals surface area contributed by atoms with Crippen molar-refractivity contribution in [2.45, 2.75) is 19.3 Å². The zero-order chi connectivity index (χ0) is 20.9. The number of halogens is 1. The summed E-state index contributed by atoms with van der Waals surface area (Å²) in [4.78, 5) is 27.2. The number of carbonyl (C=O) groups excluding carboxylic acids is 2. The van der Waals surface area contributed by atoms with Crippen LogP contribution in [-0.4, -0.2) is 40.0 Å². The van der Waals surface area contributed by atoms with Crippen molar-refractivity contribution in [2.24, 2.45) is 5.92 Å². The molecule has 2 amide bonds.